The van der Waals surface area contributed by atoms with Gasteiger partial charge in [0, 0.05) is 31.8 Å². The number of nitrogens with zero attached hydrogens (tertiary/aromatic N) is 1. The molecule has 1 aromatic rings. The van der Waals surface area contributed by atoms with E-state index in [2.05, 4.69) is 5.32 Å². The molecule has 3 N–H and O–H groups in total. The van der Waals surface area contributed by atoms with Gasteiger partial charge in [-0.2, -0.15) is 0 Å². The van der Waals surface area contributed by atoms with Gasteiger partial charge in [0.2, 0.25) is 0 Å². The molecule has 1 aliphatic carbocycles. The van der Waals surface area contributed by atoms with Gasteiger partial charge in [-0.25, -0.2) is 0 Å². The molecule has 0 radical (unpaired) electrons. The van der Waals surface area contributed by atoms with Gasteiger partial charge in [0.15, 0.2) is 0 Å². The molecule has 0 aromatic heterocycles. The monoisotopic (exact) mass is 289 g/mol. The normalized spacial score (nSPS) is 17.0. The summed E-state index contributed by atoms with van der Waals surface area (Å²) in [4.78, 5) is 25.8. The van der Waals surface area contributed by atoms with Crippen molar-refractivity contribution in [2.45, 2.75) is 25.3 Å². The Kier molecular flexibility index (Phi) is 4.32. The van der Waals surface area contributed by atoms with Gasteiger partial charge in [0.1, 0.15) is 0 Å². The molecule has 21 heavy (non-hydrogen) atoms. The van der Waals surface area contributed by atoms with Crippen molar-refractivity contribution < 1.29 is 9.59 Å². The van der Waals surface area contributed by atoms with Crippen molar-refractivity contribution >= 4 is 11.8 Å². The molecule has 0 bridgehead atoms. The standard InChI is InChI=1S/C16H23N3O2/c1-16(10-17,13-7-8-13)18-14(20)11-5-4-6-12(9-11)15(21)19(2)3/h4-6,9,13H,7-8,10,17H2,1-3H3,(H,18,20). The molecule has 1 fully saturated rings. The number of rotatable bonds is 5. The summed E-state index contributed by atoms with van der Waals surface area (Å²) in [5.74, 6) is 0.162. The third-order valence-corrected chi connectivity index (χ3v) is 4.08. The van der Waals surface area contributed by atoms with Crippen LogP contribution >= 0.6 is 0 Å². The van der Waals surface area contributed by atoms with Gasteiger partial charge >= 0.3 is 0 Å². The van der Waals surface area contributed by atoms with Crippen molar-refractivity contribution in [1.29, 1.82) is 0 Å². The number of nitrogens with two attached hydrogens (primary N) is 1. The van der Waals surface area contributed by atoms with Crippen LogP contribution in [0.1, 0.15) is 40.5 Å². The van der Waals surface area contributed by atoms with E-state index in [0.717, 1.165) is 12.8 Å². The quantitative estimate of drug-likeness (QED) is 0.856. The molecular formula is C16H23N3O2. The fourth-order valence-corrected chi connectivity index (χ4v) is 2.42. The number of benzene rings is 1. The maximum Gasteiger partial charge on any atom is 0.253 e. The van der Waals surface area contributed by atoms with Crippen LogP contribution in [-0.4, -0.2) is 42.9 Å². The highest BCUT2D eigenvalue weighted by atomic mass is 16.2. The Hall–Kier alpha value is -1.88. The first kappa shape index (κ1) is 15.5. The van der Waals surface area contributed by atoms with Crippen LogP contribution < -0.4 is 11.1 Å². The van der Waals surface area contributed by atoms with Crippen LogP contribution in [0, 0.1) is 5.92 Å². The van der Waals surface area contributed by atoms with Gasteiger partial charge in [-0.1, -0.05) is 6.07 Å². The molecule has 1 unspecified atom stereocenters. The third kappa shape index (κ3) is 3.42. The summed E-state index contributed by atoms with van der Waals surface area (Å²) < 4.78 is 0. The zero-order valence-corrected chi connectivity index (χ0v) is 12.8. The lowest BCUT2D eigenvalue weighted by Crippen LogP contribution is -2.53. The second kappa shape index (κ2) is 5.85. The largest absolute Gasteiger partial charge is 0.345 e. The van der Waals surface area contributed by atoms with Crippen molar-refractivity contribution in [3.8, 4) is 0 Å². The number of hydrogen-bond acceptors (Lipinski definition) is 3. The van der Waals surface area contributed by atoms with Crippen molar-refractivity contribution in [1.82, 2.24) is 10.2 Å². The zero-order chi connectivity index (χ0) is 15.6. The maximum atomic E-state index is 12.4. The van der Waals surface area contributed by atoms with Crippen LogP contribution in [0.25, 0.3) is 0 Å². The number of nitrogens with one attached hydrogen (secondary N) is 1. The summed E-state index contributed by atoms with van der Waals surface area (Å²) in [5.41, 5.74) is 6.45. The first-order chi connectivity index (χ1) is 9.87. The summed E-state index contributed by atoms with van der Waals surface area (Å²) in [7, 11) is 3.38. The average Bonchev–Trinajstić information content (AvgIpc) is 3.31. The van der Waals surface area contributed by atoms with Crippen molar-refractivity contribution in [3.63, 3.8) is 0 Å². The topological polar surface area (TPSA) is 75.4 Å². The maximum absolute atomic E-state index is 12.4. The molecule has 5 nitrogen and oxygen atoms in total. The summed E-state index contributed by atoms with van der Waals surface area (Å²) in [5, 5.41) is 3.03. The predicted molar refractivity (Wildman–Crippen MR) is 82.1 cm³/mol. The lowest BCUT2D eigenvalue weighted by atomic mass is 9.95. The molecule has 114 valence electrons. The number of amides is 2. The lowest BCUT2D eigenvalue weighted by molar-refractivity contribution is 0.0827. The van der Waals surface area contributed by atoms with E-state index in [1.54, 1.807) is 38.4 Å². The first-order valence-corrected chi connectivity index (χ1v) is 7.21. The predicted octanol–water partition coefficient (Wildman–Crippen LogP) is 1.25. The van der Waals surface area contributed by atoms with E-state index in [0.29, 0.717) is 23.6 Å². The SMILES string of the molecule is CN(C)C(=O)c1cccc(C(=O)NC(C)(CN)C2CC2)c1. The molecule has 0 aliphatic heterocycles. The van der Waals surface area contributed by atoms with Crippen LogP contribution in [0.15, 0.2) is 24.3 Å². The summed E-state index contributed by atoms with van der Waals surface area (Å²) in [6.45, 7) is 2.40. The highest BCUT2D eigenvalue weighted by Gasteiger charge is 2.41. The van der Waals surface area contributed by atoms with E-state index in [4.69, 9.17) is 5.73 Å². The number of carbonyl (C=O) groups is 2. The van der Waals surface area contributed by atoms with E-state index in [1.807, 2.05) is 6.92 Å². The van der Waals surface area contributed by atoms with E-state index in [9.17, 15) is 9.59 Å². The Morgan fingerprint density at radius 1 is 1.33 bits per heavy atom. The minimum Gasteiger partial charge on any atom is -0.345 e. The number of hydrogen-bond donors (Lipinski definition) is 2. The Balaban J connectivity index is 2.16. The van der Waals surface area contributed by atoms with E-state index in [-0.39, 0.29) is 17.4 Å². The molecule has 1 aliphatic rings. The van der Waals surface area contributed by atoms with Gasteiger partial charge in [-0.3, -0.25) is 9.59 Å². The molecule has 1 saturated carbocycles. The molecule has 2 rings (SSSR count). The third-order valence-electron chi connectivity index (χ3n) is 4.08. The molecule has 0 saturated heterocycles. The van der Waals surface area contributed by atoms with Crippen LogP contribution in [0.3, 0.4) is 0 Å². The second-order valence-electron chi connectivity index (χ2n) is 6.13. The smallest absolute Gasteiger partial charge is 0.253 e. The summed E-state index contributed by atoms with van der Waals surface area (Å²) in [6.07, 6.45) is 2.21. The van der Waals surface area contributed by atoms with Gasteiger partial charge < -0.3 is 16.0 Å². The van der Waals surface area contributed by atoms with Crippen molar-refractivity contribution in [3.05, 3.63) is 35.4 Å². The zero-order valence-electron chi connectivity index (χ0n) is 12.8. The van der Waals surface area contributed by atoms with Gasteiger partial charge in [0.05, 0.1) is 5.54 Å². The lowest BCUT2D eigenvalue weighted by Gasteiger charge is -2.29. The van der Waals surface area contributed by atoms with Gasteiger partial charge in [-0.05, 0) is 43.9 Å². The van der Waals surface area contributed by atoms with E-state index < -0.39 is 0 Å². The fourth-order valence-electron chi connectivity index (χ4n) is 2.42. The van der Waals surface area contributed by atoms with Gasteiger partial charge in [-0.15, -0.1) is 0 Å². The van der Waals surface area contributed by atoms with E-state index >= 15 is 0 Å². The highest BCUT2D eigenvalue weighted by Crippen LogP contribution is 2.39. The molecule has 1 atom stereocenters. The molecule has 2 amide bonds. The molecule has 1 aromatic carbocycles. The first-order valence-electron chi connectivity index (χ1n) is 7.21. The Labute approximate surface area is 125 Å². The molecule has 5 heteroatoms. The molecular weight excluding hydrogens is 266 g/mol. The van der Waals surface area contributed by atoms with Crippen molar-refractivity contribution in [2.75, 3.05) is 20.6 Å². The summed E-state index contributed by atoms with van der Waals surface area (Å²) in [6, 6.07) is 6.78. The average molecular weight is 289 g/mol. The van der Waals surface area contributed by atoms with Crippen LogP contribution in [0.5, 0.6) is 0 Å². The minimum atomic E-state index is -0.362. The molecule has 0 spiro atoms. The minimum absolute atomic E-state index is 0.117. The molecule has 0 heterocycles. The Morgan fingerprint density at radius 2 is 1.95 bits per heavy atom. The van der Waals surface area contributed by atoms with Crippen LogP contribution in [0.2, 0.25) is 0 Å². The highest BCUT2D eigenvalue weighted by molar-refractivity contribution is 5.99. The van der Waals surface area contributed by atoms with Gasteiger partial charge in [0.25, 0.3) is 11.8 Å². The Bertz CT molecular complexity index is 552. The van der Waals surface area contributed by atoms with E-state index in [1.165, 1.54) is 4.90 Å². The second-order valence-corrected chi connectivity index (χ2v) is 6.13. The fraction of sp³-hybridized carbons (Fsp3) is 0.500. The van der Waals surface area contributed by atoms with Crippen LogP contribution in [-0.2, 0) is 0 Å². The number of carbonyl (C=O) groups excluding carboxylic acids is 2. The van der Waals surface area contributed by atoms with Crippen LogP contribution in [0.4, 0.5) is 0 Å². The van der Waals surface area contributed by atoms with Crippen molar-refractivity contribution in [2.24, 2.45) is 11.7 Å². The Morgan fingerprint density at radius 3 is 2.48 bits per heavy atom. The summed E-state index contributed by atoms with van der Waals surface area (Å²) >= 11 is 0.